The molecule has 2 aromatic rings. The summed E-state index contributed by atoms with van der Waals surface area (Å²) in [5.74, 6) is 0.107. The van der Waals surface area contributed by atoms with Gasteiger partial charge in [-0.1, -0.05) is 0 Å². The molecule has 2 rings (SSSR count). The molecule has 0 bridgehead atoms. The van der Waals surface area contributed by atoms with Gasteiger partial charge in [0.2, 0.25) is 5.91 Å². The molecule has 1 amide bonds. The van der Waals surface area contributed by atoms with Crippen molar-refractivity contribution in [1.82, 2.24) is 19.7 Å². The molecule has 0 atom stereocenters. The highest BCUT2D eigenvalue weighted by molar-refractivity contribution is 5.89. The van der Waals surface area contributed by atoms with Gasteiger partial charge in [0, 0.05) is 24.2 Å². The Hall–Kier alpha value is -2.44. The first-order chi connectivity index (χ1) is 8.15. The quantitative estimate of drug-likeness (QED) is 0.775. The zero-order chi connectivity index (χ0) is 12.3. The minimum Gasteiger partial charge on any atom is -0.308 e. The van der Waals surface area contributed by atoms with Gasteiger partial charge in [0.1, 0.15) is 6.54 Å². The van der Waals surface area contributed by atoms with E-state index in [1.54, 1.807) is 12.1 Å². The molecule has 88 valence electrons. The van der Waals surface area contributed by atoms with Crippen LogP contribution in [0.15, 0.2) is 29.3 Å². The summed E-state index contributed by atoms with van der Waals surface area (Å²) in [5.41, 5.74) is 0.389. The lowest BCUT2D eigenvalue weighted by atomic mass is 10.4. The molecule has 7 heteroatoms. The molecular formula is C10H11N5O2. The summed E-state index contributed by atoms with van der Waals surface area (Å²) in [7, 11) is 0. The van der Waals surface area contributed by atoms with Gasteiger partial charge in [-0.15, -0.1) is 0 Å². The van der Waals surface area contributed by atoms with Gasteiger partial charge in [0.05, 0.1) is 0 Å². The Bertz CT molecular complexity index is 586. The van der Waals surface area contributed by atoms with E-state index in [0.29, 0.717) is 5.82 Å². The van der Waals surface area contributed by atoms with Crippen molar-refractivity contribution in [3.05, 3.63) is 40.7 Å². The number of hydrogen-bond donors (Lipinski definition) is 2. The lowest BCUT2D eigenvalue weighted by Gasteiger charge is -2.03. The van der Waals surface area contributed by atoms with E-state index in [4.69, 9.17) is 0 Å². The van der Waals surface area contributed by atoms with Crippen molar-refractivity contribution >= 4 is 11.7 Å². The fourth-order valence-electron chi connectivity index (χ4n) is 1.33. The van der Waals surface area contributed by atoms with Gasteiger partial charge >= 0.3 is 5.69 Å². The monoisotopic (exact) mass is 233 g/mol. The van der Waals surface area contributed by atoms with Crippen LogP contribution in [0.1, 0.15) is 5.69 Å². The molecule has 0 aromatic carbocycles. The summed E-state index contributed by atoms with van der Waals surface area (Å²) < 4.78 is 1.22. The zero-order valence-corrected chi connectivity index (χ0v) is 9.17. The van der Waals surface area contributed by atoms with Crippen molar-refractivity contribution in [2.24, 2.45) is 0 Å². The Labute approximate surface area is 96.5 Å². The largest absolute Gasteiger partial charge is 0.347 e. The minimum absolute atomic E-state index is 0.0847. The Balaban J connectivity index is 2.03. The van der Waals surface area contributed by atoms with E-state index >= 15 is 0 Å². The SMILES string of the molecule is Cc1cc(NC(=O)Cn2cccnc2=O)n[nH]1. The molecule has 0 spiro atoms. The zero-order valence-electron chi connectivity index (χ0n) is 9.17. The Morgan fingerprint density at radius 2 is 2.41 bits per heavy atom. The van der Waals surface area contributed by atoms with Crippen LogP contribution in [0.25, 0.3) is 0 Å². The number of carbonyl (C=O) groups excluding carboxylic acids is 1. The number of aromatic nitrogens is 4. The van der Waals surface area contributed by atoms with E-state index in [2.05, 4.69) is 20.5 Å². The second kappa shape index (κ2) is 4.60. The van der Waals surface area contributed by atoms with E-state index in [9.17, 15) is 9.59 Å². The number of hydrogen-bond acceptors (Lipinski definition) is 4. The maximum Gasteiger partial charge on any atom is 0.347 e. The summed E-state index contributed by atoms with van der Waals surface area (Å²) in [6, 6.07) is 3.29. The molecule has 0 unspecified atom stereocenters. The minimum atomic E-state index is -0.458. The predicted octanol–water partition coefficient (Wildman–Crippen LogP) is -0.0865. The summed E-state index contributed by atoms with van der Waals surface area (Å²) >= 11 is 0. The van der Waals surface area contributed by atoms with Gasteiger partial charge in [-0.25, -0.2) is 9.78 Å². The third-order valence-electron chi connectivity index (χ3n) is 2.07. The molecule has 0 aliphatic carbocycles. The predicted molar refractivity (Wildman–Crippen MR) is 60.5 cm³/mol. The number of anilines is 1. The lowest BCUT2D eigenvalue weighted by molar-refractivity contribution is -0.116. The van der Waals surface area contributed by atoms with Gasteiger partial charge in [0.25, 0.3) is 0 Å². The van der Waals surface area contributed by atoms with Crippen LogP contribution in [0.3, 0.4) is 0 Å². The van der Waals surface area contributed by atoms with Crippen molar-refractivity contribution in [1.29, 1.82) is 0 Å². The van der Waals surface area contributed by atoms with E-state index in [0.717, 1.165) is 5.69 Å². The van der Waals surface area contributed by atoms with E-state index < -0.39 is 5.69 Å². The van der Waals surface area contributed by atoms with Crippen LogP contribution in [-0.4, -0.2) is 25.7 Å². The lowest BCUT2D eigenvalue weighted by Crippen LogP contribution is -2.28. The van der Waals surface area contributed by atoms with Crippen LogP contribution < -0.4 is 11.0 Å². The van der Waals surface area contributed by atoms with Gasteiger partial charge in [-0.2, -0.15) is 5.10 Å². The summed E-state index contributed by atoms with van der Waals surface area (Å²) in [5, 5.41) is 9.13. The van der Waals surface area contributed by atoms with Crippen LogP contribution in [0, 0.1) is 6.92 Å². The van der Waals surface area contributed by atoms with Crippen LogP contribution in [-0.2, 0) is 11.3 Å². The number of amides is 1. The third kappa shape index (κ3) is 2.77. The molecule has 2 N–H and O–H groups in total. The van der Waals surface area contributed by atoms with E-state index in [1.165, 1.54) is 17.0 Å². The van der Waals surface area contributed by atoms with Gasteiger partial charge in [0.15, 0.2) is 5.82 Å². The number of aryl methyl sites for hydroxylation is 1. The molecule has 2 aromatic heterocycles. The molecule has 0 radical (unpaired) electrons. The van der Waals surface area contributed by atoms with E-state index in [1.807, 2.05) is 6.92 Å². The second-order valence-electron chi connectivity index (χ2n) is 3.51. The first-order valence-corrected chi connectivity index (χ1v) is 4.98. The standard InChI is InChI=1S/C10H11N5O2/c1-7-5-8(14-13-7)12-9(16)6-15-4-2-3-11-10(15)17/h2-5H,6H2,1H3,(H2,12,13,14,16). The number of nitrogens with zero attached hydrogens (tertiary/aromatic N) is 3. The third-order valence-corrected chi connectivity index (χ3v) is 2.07. The van der Waals surface area contributed by atoms with Gasteiger partial charge in [-0.3, -0.25) is 14.5 Å². The molecular weight excluding hydrogens is 222 g/mol. The topological polar surface area (TPSA) is 92.7 Å². The highest BCUT2D eigenvalue weighted by atomic mass is 16.2. The summed E-state index contributed by atoms with van der Waals surface area (Å²) in [4.78, 5) is 26.4. The molecule has 0 saturated heterocycles. The Kier molecular flexibility index (Phi) is 2.99. The maximum atomic E-state index is 11.6. The molecule has 0 fully saturated rings. The molecule has 7 nitrogen and oxygen atoms in total. The molecule has 0 aliphatic rings. The molecule has 2 heterocycles. The number of H-pyrrole nitrogens is 1. The smallest absolute Gasteiger partial charge is 0.308 e. The molecule has 0 saturated carbocycles. The van der Waals surface area contributed by atoms with Crippen LogP contribution >= 0.6 is 0 Å². The average Bonchev–Trinajstić information content (AvgIpc) is 2.67. The normalized spacial score (nSPS) is 10.2. The van der Waals surface area contributed by atoms with Crippen molar-refractivity contribution < 1.29 is 4.79 Å². The number of carbonyl (C=O) groups is 1. The fraction of sp³-hybridized carbons (Fsp3) is 0.200. The molecule has 0 aliphatic heterocycles. The number of aromatic amines is 1. The van der Waals surface area contributed by atoms with Crippen molar-refractivity contribution in [3.8, 4) is 0 Å². The summed E-state index contributed by atoms with van der Waals surface area (Å²) in [6.07, 6.45) is 2.89. The van der Waals surface area contributed by atoms with Gasteiger partial charge < -0.3 is 5.32 Å². The van der Waals surface area contributed by atoms with Crippen molar-refractivity contribution in [3.63, 3.8) is 0 Å². The summed E-state index contributed by atoms with van der Waals surface area (Å²) in [6.45, 7) is 1.74. The Morgan fingerprint density at radius 1 is 1.59 bits per heavy atom. The second-order valence-corrected chi connectivity index (χ2v) is 3.51. The maximum absolute atomic E-state index is 11.6. The van der Waals surface area contributed by atoms with Crippen molar-refractivity contribution in [2.45, 2.75) is 13.5 Å². The average molecular weight is 233 g/mol. The van der Waals surface area contributed by atoms with Crippen LogP contribution in [0.5, 0.6) is 0 Å². The fourth-order valence-corrected chi connectivity index (χ4v) is 1.33. The van der Waals surface area contributed by atoms with Gasteiger partial charge in [-0.05, 0) is 13.0 Å². The van der Waals surface area contributed by atoms with Crippen molar-refractivity contribution in [2.75, 3.05) is 5.32 Å². The van der Waals surface area contributed by atoms with Crippen LogP contribution in [0.4, 0.5) is 5.82 Å². The first-order valence-electron chi connectivity index (χ1n) is 4.98. The number of nitrogens with one attached hydrogen (secondary N) is 2. The number of rotatable bonds is 3. The first kappa shape index (κ1) is 11.1. The Morgan fingerprint density at radius 3 is 3.06 bits per heavy atom. The highest BCUT2D eigenvalue weighted by Crippen LogP contribution is 2.03. The van der Waals surface area contributed by atoms with E-state index in [-0.39, 0.29) is 12.5 Å². The van der Waals surface area contributed by atoms with Crippen LogP contribution in [0.2, 0.25) is 0 Å². The highest BCUT2D eigenvalue weighted by Gasteiger charge is 2.06. The molecule has 17 heavy (non-hydrogen) atoms.